The first-order valence-corrected chi connectivity index (χ1v) is 7.68. The van der Waals surface area contributed by atoms with Crippen molar-refractivity contribution in [3.05, 3.63) is 39.6 Å². The van der Waals surface area contributed by atoms with E-state index in [2.05, 4.69) is 4.74 Å². The standard InChI is InChI=1S/C15H11F2NO5S/c1-6(19)23-5-11-18-10-4-9(17)8(16)3-7(10)13(20)12(14(18)24-11)15(21)22-2/h3-4,11H,5H2,1-2H3. The number of aromatic nitrogens is 1. The van der Waals surface area contributed by atoms with Crippen LogP contribution in [0.4, 0.5) is 8.78 Å². The van der Waals surface area contributed by atoms with Crippen molar-refractivity contribution in [2.24, 2.45) is 0 Å². The van der Waals surface area contributed by atoms with Gasteiger partial charge in [0.25, 0.3) is 0 Å². The zero-order valence-corrected chi connectivity index (χ0v) is 13.4. The quantitative estimate of drug-likeness (QED) is 0.786. The van der Waals surface area contributed by atoms with Crippen LogP contribution in [0, 0.1) is 11.6 Å². The van der Waals surface area contributed by atoms with Gasteiger partial charge in [0.1, 0.15) is 17.5 Å². The number of ether oxygens (including phenoxy) is 2. The van der Waals surface area contributed by atoms with Gasteiger partial charge in [0.15, 0.2) is 11.6 Å². The van der Waals surface area contributed by atoms with Crippen molar-refractivity contribution in [1.82, 2.24) is 4.57 Å². The third-order valence-corrected chi connectivity index (χ3v) is 4.80. The predicted octanol–water partition coefficient (Wildman–Crippen LogP) is 2.23. The molecule has 1 aliphatic heterocycles. The van der Waals surface area contributed by atoms with Crippen LogP contribution in [-0.2, 0) is 14.3 Å². The Morgan fingerprint density at radius 2 is 1.96 bits per heavy atom. The molecule has 126 valence electrons. The van der Waals surface area contributed by atoms with Crippen LogP contribution in [0.15, 0.2) is 22.0 Å². The lowest BCUT2D eigenvalue weighted by molar-refractivity contribution is -0.141. The predicted molar refractivity (Wildman–Crippen MR) is 81.0 cm³/mol. The number of hydrogen-bond acceptors (Lipinski definition) is 6. The third kappa shape index (κ3) is 2.44. The van der Waals surface area contributed by atoms with E-state index in [0.717, 1.165) is 31.0 Å². The number of carbonyl (C=O) groups is 2. The fourth-order valence-corrected chi connectivity index (χ4v) is 3.68. The second-order valence-electron chi connectivity index (χ2n) is 5.03. The maximum atomic E-state index is 13.6. The molecule has 0 amide bonds. The molecular weight excluding hydrogens is 344 g/mol. The van der Waals surface area contributed by atoms with E-state index in [4.69, 9.17) is 4.74 Å². The normalized spacial score (nSPS) is 15.6. The summed E-state index contributed by atoms with van der Waals surface area (Å²) in [4.78, 5) is 35.3. The van der Waals surface area contributed by atoms with E-state index < -0.39 is 34.4 Å². The molecule has 3 rings (SSSR count). The van der Waals surface area contributed by atoms with E-state index in [1.807, 2.05) is 0 Å². The molecule has 0 spiro atoms. The molecule has 0 radical (unpaired) electrons. The molecule has 2 heterocycles. The number of esters is 2. The molecule has 0 fully saturated rings. The van der Waals surface area contributed by atoms with Crippen LogP contribution in [0.25, 0.3) is 10.9 Å². The van der Waals surface area contributed by atoms with Crippen LogP contribution in [0.5, 0.6) is 0 Å². The maximum absolute atomic E-state index is 13.6. The van der Waals surface area contributed by atoms with E-state index in [1.54, 1.807) is 0 Å². The first kappa shape index (κ1) is 16.4. The lowest BCUT2D eigenvalue weighted by atomic mass is 10.1. The van der Waals surface area contributed by atoms with Crippen molar-refractivity contribution in [1.29, 1.82) is 0 Å². The van der Waals surface area contributed by atoms with Crippen molar-refractivity contribution in [2.45, 2.75) is 17.3 Å². The van der Waals surface area contributed by atoms with Gasteiger partial charge in [0.2, 0.25) is 5.43 Å². The van der Waals surface area contributed by atoms with E-state index in [9.17, 15) is 23.2 Å². The van der Waals surface area contributed by atoms with Crippen molar-refractivity contribution >= 4 is 34.6 Å². The van der Waals surface area contributed by atoms with Gasteiger partial charge in [-0.3, -0.25) is 9.59 Å². The summed E-state index contributed by atoms with van der Waals surface area (Å²) in [6.45, 7) is 1.20. The topological polar surface area (TPSA) is 74.6 Å². The average Bonchev–Trinajstić information content (AvgIpc) is 2.50. The van der Waals surface area contributed by atoms with Crippen molar-refractivity contribution in [2.75, 3.05) is 13.7 Å². The maximum Gasteiger partial charge on any atom is 0.344 e. The van der Waals surface area contributed by atoms with Crippen molar-refractivity contribution in [3.8, 4) is 0 Å². The Morgan fingerprint density at radius 1 is 1.29 bits per heavy atom. The lowest BCUT2D eigenvalue weighted by Gasteiger charge is -2.34. The molecule has 1 aromatic heterocycles. The van der Waals surface area contributed by atoms with Gasteiger partial charge in [-0.15, -0.1) is 0 Å². The number of pyridine rings is 1. The molecule has 1 unspecified atom stereocenters. The Hall–Kier alpha value is -2.42. The highest BCUT2D eigenvalue weighted by molar-refractivity contribution is 8.00. The summed E-state index contributed by atoms with van der Waals surface area (Å²) in [5, 5.41) is -0.339. The number of benzene rings is 1. The molecule has 0 aliphatic carbocycles. The molecule has 24 heavy (non-hydrogen) atoms. The molecule has 1 aliphatic rings. The van der Waals surface area contributed by atoms with Crippen molar-refractivity contribution in [3.63, 3.8) is 0 Å². The number of fused-ring (bicyclic) bond motifs is 3. The van der Waals surface area contributed by atoms with Gasteiger partial charge < -0.3 is 14.0 Å². The average molecular weight is 355 g/mol. The molecule has 0 saturated carbocycles. The van der Waals surface area contributed by atoms with Gasteiger partial charge >= 0.3 is 11.9 Å². The summed E-state index contributed by atoms with van der Waals surface area (Å²) < 4.78 is 38.1. The van der Waals surface area contributed by atoms with E-state index in [1.165, 1.54) is 11.5 Å². The zero-order chi connectivity index (χ0) is 17.6. The smallest absolute Gasteiger partial charge is 0.344 e. The molecule has 1 aromatic carbocycles. The number of thioether (sulfide) groups is 1. The Balaban J connectivity index is 2.26. The molecule has 0 N–H and O–H groups in total. The van der Waals surface area contributed by atoms with Crippen LogP contribution >= 0.6 is 11.8 Å². The second kappa shape index (κ2) is 5.90. The summed E-state index contributed by atoms with van der Waals surface area (Å²) in [5.74, 6) is -3.68. The summed E-state index contributed by atoms with van der Waals surface area (Å²) in [5.41, 5.74) is -0.863. The van der Waals surface area contributed by atoms with Gasteiger partial charge in [-0.2, -0.15) is 0 Å². The fourth-order valence-electron chi connectivity index (χ4n) is 2.49. The number of nitrogens with zero attached hydrogens (tertiary/aromatic N) is 1. The molecule has 1 atom stereocenters. The second-order valence-corrected chi connectivity index (χ2v) is 6.20. The Bertz CT molecular complexity index is 940. The summed E-state index contributed by atoms with van der Waals surface area (Å²) >= 11 is 1.12. The van der Waals surface area contributed by atoms with Gasteiger partial charge in [-0.25, -0.2) is 13.6 Å². The summed E-state index contributed by atoms with van der Waals surface area (Å²) in [6, 6.07) is 1.63. The van der Waals surface area contributed by atoms with Crippen LogP contribution in [0.1, 0.15) is 22.7 Å². The minimum absolute atomic E-state index is 0.0371. The number of carbonyl (C=O) groups excluding carboxylic acids is 2. The first-order chi connectivity index (χ1) is 11.3. The van der Waals surface area contributed by atoms with Gasteiger partial charge in [0, 0.05) is 18.4 Å². The number of methoxy groups -OCH3 is 1. The molecule has 0 bridgehead atoms. The summed E-state index contributed by atoms with van der Waals surface area (Å²) in [7, 11) is 1.12. The largest absolute Gasteiger partial charge is 0.465 e. The van der Waals surface area contributed by atoms with Crippen LogP contribution in [0.3, 0.4) is 0 Å². The first-order valence-electron chi connectivity index (χ1n) is 6.80. The number of halogens is 2. The molecular formula is C15H11F2NO5S. The number of hydrogen-bond donors (Lipinski definition) is 0. The number of rotatable bonds is 3. The van der Waals surface area contributed by atoms with E-state index >= 15 is 0 Å². The van der Waals surface area contributed by atoms with Gasteiger partial charge in [-0.05, 0) is 6.07 Å². The van der Waals surface area contributed by atoms with Crippen LogP contribution in [-0.4, -0.2) is 30.2 Å². The Kier molecular flexibility index (Phi) is 4.04. The minimum Gasteiger partial charge on any atom is -0.465 e. The molecule has 2 aromatic rings. The fraction of sp³-hybridized carbons (Fsp3) is 0.267. The lowest BCUT2D eigenvalue weighted by Crippen LogP contribution is -2.32. The highest BCUT2D eigenvalue weighted by Gasteiger charge is 2.36. The zero-order valence-electron chi connectivity index (χ0n) is 12.6. The van der Waals surface area contributed by atoms with E-state index in [0.29, 0.717) is 0 Å². The van der Waals surface area contributed by atoms with Crippen LogP contribution in [0.2, 0.25) is 0 Å². The summed E-state index contributed by atoms with van der Waals surface area (Å²) in [6.07, 6.45) is 0. The Labute approximate surface area is 138 Å². The Morgan fingerprint density at radius 3 is 2.58 bits per heavy atom. The molecule has 0 saturated heterocycles. The van der Waals surface area contributed by atoms with Crippen LogP contribution < -0.4 is 5.43 Å². The van der Waals surface area contributed by atoms with Crippen molar-refractivity contribution < 1.29 is 27.8 Å². The van der Waals surface area contributed by atoms with E-state index in [-0.39, 0.29) is 28.1 Å². The highest BCUT2D eigenvalue weighted by Crippen LogP contribution is 2.46. The molecule has 6 nitrogen and oxygen atoms in total. The SMILES string of the molecule is COC(=O)c1c2n(c3cc(F)c(F)cc3c1=O)C(COC(C)=O)S2. The van der Waals surface area contributed by atoms with Gasteiger partial charge in [0.05, 0.1) is 17.7 Å². The van der Waals surface area contributed by atoms with Gasteiger partial charge in [-0.1, -0.05) is 11.8 Å². The highest BCUT2D eigenvalue weighted by atomic mass is 32.2. The third-order valence-electron chi connectivity index (χ3n) is 3.56. The monoisotopic (exact) mass is 355 g/mol. The molecule has 9 heteroatoms. The minimum atomic E-state index is -1.19.